The van der Waals surface area contributed by atoms with Crippen molar-refractivity contribution in [3.8, 4) is 5.75 Å². The standard InChI is InChI=1S/C14H12BrFN2O3/c1-21-14-3-2-10(15)4-9(14)8-17-12-5-11(16)6-13(7-12)18(19)20/h2-7,17H,8H2,1H3. The number of rotatable bonds is 5. The van der Waals surface area contributed by atoms with Gasteiger partial charge in [-0.05, 0) is 24.3 Å². The number of nitrogens with one attached hydrogen (secondary N) is 1. The first-order valence-corrected chi connectivity index (χ1v) is 6.80. The SMILES string of the molecule is COc1ccc(Br)cc1CNc1cc(F)cc([N+](=O)[O-])c1. The van der Waals surface area contributed by atoms with Crippen molar-refractivity contribution >= 4 is 27.3 Å². The van der Waals surface area contributed by atoms with Crippen LogP contribution in [0, 0.1) is 15.9 Å². The van der Waals surface area contributed by atoms with Crippen LogP contribution in [0.2, 0.25) is 0 Å². The summed E-state index contributed by atoms with van der Waals surface area (Å²) in [5.41, 5.74) is 0.890. The molecule has 0 spiro atoms. The smallest absolute Gasteiger partial charge is 0.274 e. The Morgan fingerprint density at radius 1 is 1.33 bits per heavy atom. The zero-order chi connectivity index (χ0) is 15.4. The number of nitro groups is 1. The second-order valence-corrected chi connectivity index (χ2v) is 5.18. The molecule has 0 amide bonds. The quantitative estimate of drug-likeness (QED) is 0.647. The lowest BCUT2D eigenvalue weighted by atomic mass is 10.2. The molecule has 0 heterocycles. The predicted molar refractivity (Wildman–Crippen MR) is 81.1 cm³/mol. The Kier molecular flexibility index (Phi) is 4.74. The van der Waals surface area contributed by atoms with Crippen LogP contribution in [0.1, 0.15) is 5.56 Å². The number of hydrogen-bond donors (Lipinski definition) is 1. The predicted octanol–water partition coefficient (Wildman–Crippen LogP) is 4.12. The van der Waals surface area contributed by atoms with E-state index in [9.17, 15) is 14.5 Å². The minimum atomic E-state index is -0.659. The van der Waals surface area contributed by atoms with Crippen LogP contribution in [0.3, 0.4) is 0 Å². The molecule has 2 rings (SSSR count). The molecule has 0 radical (unpaired) electrons. The molecule has 1 N–H and O–H groups in total. The number of benzene rings is 2. The number of hydrogen-bond acceptors (Lipinski definition) is 4. The zero-order valence-corrected chi connectivity index (χ0v) is 12.7. The van der Waals surface area contributed by atoms with Gasteiger partial charge in [0.2, 0.25) is 0 Å². The summed E-state index contributed by atoms with van der Waals surface area (Å²) in [6.45, 7) is 0.350. The molecular formula is C14H12BrFN2O3. The molecule has 0 aromatic heterocycles. The van der Waals surface area contributed by atoms with Crippen LogP contribution >= 0.6 is 15.9 Å². The van der Waals surface area contributed by atoms with Gasteiger partial charge in [-0.3, -0.25) is 10.1 Å². The zero-order valence-electron chi connectivity index (χ0n) is 11.1. The van der Waals surface area contributed by atoms with Crippen LogP contribution in [-0.4, -0.2) is 12.0 Å². The maximum absolute atomic E-state index is 13.3. The maximum atomic E-state index is 13.3. The number of nitrogens with zero attached hydrogens (tertiary/aromatic N) is 1. The molecule has 110 valence electrons. The van der Waals surface area contributed by atoms with Gasteiger partial charge in [0, 0.05) is 28.3 Å². The van der Waals surface area contributed by atoms with Gasteiger partial charge in [-0.1, -0.05) is 15.9 Å². The molecule has 21 heavy (non-hydrogen) atoms. The van der Waals surface area contributed by atoms with Gasteiger partial charge in [0.25, 0.3) is 5.69 Å². The van der Waals surface area contributed by atoms with Crippen molar-refractivity contribution in [1.82, 2.24) is 0 Å². The topological polar surface area (TPSA) is 64.4 Å². The average Bonchev–Trinajstić information content (AvgIpc) is 2.44. The largest absolute Gasteiger partial charge is 0.496 e. The Morgan fingerprint density at radius 3 is 2.76 bits per heavy atom. The normalized spacial score (nSPS) is 10.2. The monoisotopic (exact) mass is 354 g/mol. The van der Waals surface area contributed by atoms with Crippen molar-refractivity contribution < 1.29 is 14.1 Å². The van der Waals surface area contributed by atoms with Crippen LogP contribution in [0.15, 0.2) is 40.9 Å². The van der Waals surface area contributed by atoms with E-state index in [1.54, 1.807) is 13.2 Å². The number of anilines is 1. The van der Waals surface area contributed by atoms with Gasteiger partial charge in [-0.15, -0.1) is 0 Å². The fraction of sp³-hybridized carbons (Fsp3) is 0.143. The van der Waals surface area contributed by atoms with Gasteiger partial charge >= 0.3 is 0 Å². The Labute approximate surface area is 129 Å². The maximum Gasteiger partial charge on any atom is 0.274 e. The van der Waals surface area contributed by atoms with Gasteiger partial charge in [-0.2, -0.15) is 0 Å². The van der Waals surface area contributed by atoms with E-state index in [1.165, 1.54) is 12.1 Å². The molecular weight excluding hydrogens is 343 g/mol. The van der Waals surface area contributed by atoms with E-state index in [2.05, 4.69) is 21.2 Å². The van der Waals surface area contributed by atoms with E-state index in [0.29, 0.717) is 18.0 Å². The van der Waals surface area contributed by atoms with Crippen LogP contribution in [0.25, 0.3) is 0 Å². The lowest BCUT2D eigenvalue weighted by Crippen LogP contribution is -2.03. The summed E-state index contributed by atoms with van der Waals surface area (Å²) in [6.07, 6.45) is 0. The Morgan fingerprint density at radius 2 is 2.10 bits per heavy atom. The summed E-state index contributed by atoms with van der Waals surface area (Å²) < 4.78 is 19.5. The minimum Gasteiger partial charge on any atom is -0.496 e. The third kappa shape index (κ3) is 3.91. The number of ether oxygens (including phenoxy) is 1. The first-order chi connectivity index (χ1) is 9.99. The summed E-state index contributed by atoms with van der Waals surface area (Å²) in [7, 11) is 1.56. The van der Waals surface area contributed by atoms with Gasteiger partial charge in [-0.25, -0.2) is 4.39 Å². The van der Waals surface area contributed by atoms with Crippen LogP contribution in [-0.2, 0) is 6.54 Å². The minimum absolute atomic E-state index is 0.293. The molecule has 0 atom stereocenters. The fourth-order valence-corrected chi connectivity index (χ4v) is 2.27. The van der Waals surface area contributed by atoms with Crippen molar-refractivity contribution in [2.24, 2.45) is 0 Å². The highest BCUT2D eigenvalue weighted by atomic mass is 79.9. The van der Waals surface area contributed by atoms with Crippen molar-refractivity contribution in [2.75, 3.05) is 12.4 Å². The van der Waals surface area contributed by atoms with E-state index >= 15 is 0 Å². The second kappa shape index (κ2) is 6.53. The summed E-state index contributed by atoms with van der Waals surface area (Å²) in [5.74, 6) is 0.0181. The van der Waals surface area contributed by atoms with Crippen LogP contribution < -0.4 is 10.1 Å². The van der Waals surface area contributed by atoms with Crippen molar-refractivity contribution in [1.29, 1.82) is 0 Å². The summed E-state index contributed by atoms with van der Waals surface area (Å²) in [6, 6.07) is 8.87. The van der Waals surface area contributed by atoms with Crippen LogP contribution in [0.4, 0.5) is 15.8 Å². The molecule has 0 aliphatic heterocycles. The lowest BCUT2D eigenvalue weighted by molar-refractivity contribution is -0.385. The third-order valence-electron chi connectivity index (χ3n) is 2.82. The molecule has 5 nitrogen and oxygen atoms in total. The number of non-ortho nitro benzene ring substituents is 1. The van der Waals surface area contributed by atoms with Crippen LogP contribution in [0.5, 0.6) is 5.75 Å². The molecule has 0 aliphatic rings. The average molecular weight is 355 g/mol. The van der Waals surface area contributed by atoms with Gasteiger partial charge < -0.3 is 10.1 Å². The first-order valence-electron chi connectivity index (χ1n) is 6.01. The Bertz CT molecular complexity index is 679. The van der Waals surface area contributed by atoms with Gasteiger partial charge in [0.05, 0.1) is 18.1 Å². The van der Waals surface area contributed by atoms with E-state index < -0.39 is 10.7 Å². The van der Waals surface area contributed by atoms with E-state index in [1.807, 2.05) is 12.1 Å². The molecule has 7 heteroatoms. The number of methoxy groups -OCH3 is 1. The molecule has 0 bridgehead atoms. The van der Waals surface area contributed by atoms with Crippen molar-refractivity contribution in [3.05, 3.63) is 62.4 Å². The molecule has 0 aliphatic carbocycles. The number of halogens is 2. The number of nitro benzene ring substituents is 1. The molecule has 2 aromatic carbocycles. The third-order valence-corrected chi connectivity index (χ3v) is 3.31. The molecule has 0 fully saturated rings. The highest BCUT2D eigenvalue weighted by Gasteiger charge is 2.10. The van der Waals surface area contributed by atoms with Crippen molar-refractivity contribution in [2.45, 2.75) is 6.54 Å². The second-order valence-electron chi connectivity index (χ2n) is 4.26. The summed E-state index contributed by atoms with van der Waals surface area (Å²) >= 11 is 3.36. The van der Waals surface area contributed by atoms with E-state index in [-0.39, 0.29) is 5.69 Å². The summed E-state index contributed by atoms with van der Waals surface area (Å²) in [4.78, 5) is 10.1. The highest BCUT2D eigenvalue weighted by Crippen LogP contribution is 2.25. The Hall–Kier alpha value is -2.15. The van der Waals surface area contributed by atoms with E-state index in [0.717, 1.165) is 16.1 Å². The lowest BCUT2D eigenvalue weighted by Gasteiger charge is -2.11. The Balaban J connectivity index is 2.20. The molecule has 2 aromatic rings. The molecule has 0 saturated heterocycles. The summed E-state index contributed by atoms with van der Waals surface area (Å²) in [5, 5.41) is 13.7. The molecule has 0 unspecified atom stereocenters. The highest BCUT2D eigenvalue weighted by molar-refractivity contribution is 9.10. The fourth-order valence-electron chi connectivity index (χ4n) is 1.86. The van der Waals surface area contributed by atoms with Gasteiger partial charge in [0.1, 0.15) is 11.6 Å². The van der Waals surface area contributed by atoms with Crippen molar-refractivity contribution in [3.63, 3.8) is 0 Å². The molecule has 0 saturated carbocycles. The van der Waals surface area contributed by atoms with Gasteiger partial charge in [0.15, 0.2) is 0 Å². The van der Waals surface area contributed by atoms with E-state index in [4.69, 9.17) is 4.74 Å². The first kappa shape index (κ1) is 15.2.